The van der Waals surface area contributed by atoms with Crippen LogP contribution in [0.5, 0.6) is 0 Å². The van der Waals surface area contributed by atoms with Gasteiger partial charge in [0.25, 0.3) is 17.5 Å². The van der Waals surface area contributed by atoms with Gasteiger partial charge in [0.1, 0.15) is 11.6 Å². The van der Waals surface area contributed by atoms with Gasteiger partial charge in [-0.3, -0.25) is 24.6 Å². The van der Waals surface area contributed by atoms with Crippen LogP contribution in [0, 0.1) is 21.4 Å². The summed E-state index contributed by atoms with van der Waals surface area (Å²) in [6.07, 6.45) is 3.31. The summed E-state index contributed by atoms with van der Waals surface area (Å²) in [6, 6.07) is 17.1. The van der Waals surface area contributed by atoms with Gasteiger partial charge in [-0.2, -0.15) is 10.4 Å². The molecule has 0 fully saturated rings. The summed E-state index contributed by atoms with van der Waals surface area (Å²) >= 11 is 0. The Kier molecular flexibility index (Phi) is 6.85. The molecule has 0 radical (unpaired) electrons. The van der Waals surface area contributed by atoms with Crippen LogP contribution in [0.2, 0.25) is 0 Å². The number of nitrogens with zero attached hydrogens (tertiary/aromatic N) is 5. The molecule has 10 heteroatoms. The Balaban J connectivity index is 1.89. The number of nitriles is 1. The van der Waals surface area contributed by atoms with Crippen LogP contribution in [0.15, 0.2) is 77.5 Å². The molecule has 1 aliphatic rings. The summed E-state index contributed by atoms with van der Waals surface area (Å²) in [6.45, 7) is 1.69. The Morgan fingerprint density at radius 1 is 1.11 bits per heavy atom. The number of rotatable bonds is 7. The highest BCUT2D eigenvalue weighted by atomic mass is 16.6. The number of methoxy groups -OCH3 is 1. The highest BCUT2D eigenvalue weighted by Gasteiger charge is 2.35. The molecule has 0 N–H and O–H groups in total. The number of nitro benzene ring substituents is 1. The summed E-state index contributed by atoms with van der Waals surface area (Å²) in [7, 11) is 1.45. The first-order valence-corrected chi connectivity index (χ1v) is 10.9. The highest BCUT2D eigenvalue weighted by Crippen LogP contribution is 2.31. The fourth-order valence-electron chi connectivity index (χ4n) is 3.84. The van der Waals surface area contributed by atoms with Gasteiger partial charge in [0.15, 0.2) is 0 Å². The molecule has 0 aliphatic carbocycles. The number of ether oxygens (including phenoxy) is 1. The van der Waals surface area contributed by atoms with Crippen molar-refractivity contribution < 1.29 is 19.2 Å². The van der Waals surface area contributed by atoms with E-state index >= 15 is 0 Å². The Morgan fingerprint density at radius 2 is 1.81 bits per heavy atom. The molecule has 0 spiro atoms. The average molecular weight is 483 g/mol. The van der Waals surface area contributed by atoms with Gasteiger partial charge in [0.05, 0.1) is 29.5 Å². The predicted molar refractivity (Wildman–Crippen MR) is 131 cm³/mol. The van der Waals surface area contributed by atoms with Crippen LogP contribution in [0.25, 0.3) is 23.0 Å². The second-order valence-electron chi connectivity index (χ2n) is 7.94. The molecule has 0 atom stereocenters. The first-order valence-electron chi connectivity index (χ1n) is 10.9. The Hall–Kier alpha value is -4.88. The summed E-state index contributed by atoms with van der Waals surface area (Å²) in [5.41, 5.74) is 2.63. The molecule has 4 rings (SSSR count). The van der Waals surface area contributed by atoms with Gasteiger partial charge < -0.3 is 4.74 Å². The molecular formula is C26H21N5O5. The molecule has 0 saturated heterocycles. The normalized spacial score (nSPS) is 14.9. The van der Waals surface area contributed by atoms with E-state index in [1.807, 2.05) is 36.4 Å². The second kappa shape index (κ2) is 10.2. The number of carbonyl (C=O) groups is 2. The van der Waals surface area contributed by atoms with E-state index in [2.05, 4.69) is 5.10 Å². The van der Waals surface area contributed by atoms with E-state index in [4.69, 9.17) is 4.74 Å². The summed E-state index contributed by atoms with van der Waals surface area (Å²) in [4.78, 5) is 37.6. The largest absolute Gasteiger partial charge is 0.383 e. The standard InChI is InChI=1S/C26H21N5O5/c1-17-22(25(32)29(12-13-36-2)26(33)23(17)15-27)14-19-16-30(20-6-4-3-5-7-20)28-24(19)18-8-10-21(11-9-18)31(34)35/h3-11,14,16H,12-13H2,1-2H3/b22-14+. The molecule has 1 aliphatic heterocycles. The van der Waals surface area contributed by atoms with E-state index in [0.717, 1.165) is 10.6 Å². The minimum atomic E-state index is -0.662. The first-order chi connectivity index (χ1) is 17.3. The minimum Gasteiger partial charge on any atom is -0.383 e. The topological polar surface area (TPSA) is 131 Å². The SMILES string of the molecule is COCCN1C(=O)C(C#N)=C(C)/C(=C\c2cn(-c3ccccc3)nc2-c2ccc([N+](=O)[O-])cc2)C1=O. The van der Waals surface area contributed by atoms with Gasteiger partial charge in [-0.15, -0.1) is 0 Å². The molecule has 10 nitrogen and oxygen atoms in total. The zero-order chi connectivity index (χ0) is 25.8. The van der Waals surface area contributed by atoms with Crippen LogP contribution in [-0.4, -0.2) is 51.7 Å². The third-order valence-electron chi connectivity index (χ3n) is 5.76. The van der Waals surface area contributed by atoms with Gasteiger partial charge in [0.2, 0.25) is 0 Å². The molecule has 180 valence electrons. The summed E-state index contributed by atoms with van der Waals surface area (Å²) < 4.78 is 6.65. The van der Waals surface area contributed by atoms with Gasteiger partial charge in [-0.25, -0.2) is 4.68 Å². The number of amides is 2. The van der Waals surface area contributed by atoms with Crippen LogP contribution < -0.4 is 0 Å². The number of benzene rings is 2. The maximum Gasteiger partial charge on any atom is 0.271 e. The second-order valence-corrected chi connectivity index (χ2v) is 7.94. The molecule has 0 unspecified atom stereocenters. The molecular weight excluding hydrogens is 462 g/mol. The van der Waals surface area contributed by atoms with Gasteiger partial charge >= 0.3 is 0 Å². The van der Waals surface area contributed by atoms with Gasteiger partial charge in [0, 0.05) is 42.1 Å². The molecule has 2 aromatic carbocycles. The average Bonchev–Trinajstić information content (AvgIpc) is 3.31. The zero-order valence-corrected chi connectivity index (χ0v) is 19.5. The Morgan fingerprint density at radius 3 is 2.42 bits per heavy atom. The van der Waals surface area contributed by atoms with Crippen molar-refractivity contribution in [3.63, 3.8) is 0 Å². The molecule has 2 amide bonds. The van der Waals surface area contributed by atoms with E-state index in [1.165, 1.54) is 19.2 Å². The number of carbonyl (C=O) groups excluding carboxylic acids is 2. The molecule has 36 heavy (non-hydrogen) atoms. The Labute approximate surface area is 206 Å². The van der Waals surface area contributed by atoms with Crippen LogP contribution in [-0.2, 0) is 14.3 Å². The highest BCUT2D eigenvalue weighted by molar-refractivity contribution is 6.19. The van der Waals surface area contributed by atoms with Crippen molar-refractivity contribution in [1.82, 2.24) is 14.7 Å². The third-order valence-corrected chi connectivity index (χ3v) is 5.76. The van der Waals surface area contributed by atoms with Crippen molar-refractivity contribution in [2.75, 3.05) is 20.3 Å². The third kappa shape index (κ3) is 4.55. The molecule has 1 aromatic heterocycles. The lowest BCUT2D eigenvalue weighted by Crippen LogP contribution is -2.44. The minimum absolute atomic E-state index is 0.00243. The van der Waals surface area contributed by atoms with Crippen molar-refractivity contribution >= 4 is 23.6 Å². The van der Waals surface area contributed by atoms with E-state index in [1.54, 1.807) is 36.0 Å². The molecule has 0 saturated carbocycles. The smallest absolute Gasteiger partial charge is 0.271 e. The monoisotopic (exact) mass is 483 g/mol. The van der Waals surface area contributed by atoms with E-state index in [9.17, 15) is 25.0 Å². The van der Waals surface area contributed by atoms with Crippen molar-refractivity contribution in [3.8, 4) is 23.0 Å². The molecule has 0 bridgehead atoms. The maximum absolute atomic E-state index is 13.3. The molecule has 3 aromatic rings. The van der Waals surface area contributed by atoms with Crippen molar-refractivity contribution in [1.29, 1.82) is 5.26 Å². The summed E-state index contributed by atoms with van der Waals surface area (Å²) in [5, 5.41) is 25.4. The van der Waals surface area contributed by atoms with Crippen LogP contribution in [0.1, 0.15) is 12.5 Å². The van der Waals surface area contributed by atoms with Crippen molar-refractivity contribution in [2.45, 2.75) is 6.92 Å². The van der Waals surface area contributed by atoms with E-state index in [0.29, 0.717) is 16.8 Å². The van der Waals surface area contributed by atoms with Gasteiger partial charge in [-0.05, 0) is 42.8 Å². The lowest BCUT2D eigenvalue weighted by molar-refractivity contribution is -0.384. The first kappa shape index (κ1) is 24.3. The fraction of sp³-hybridized carbons (Fsp3) is 0.154. The number of para-hydroxylation sites is 1. The van der Waals surface area contributed by atoms with E-state index < -0.39 is 16.7 Å². The maximum atomic E-state index is 13.3. The van der Waals surface area contributed by atoms with Crippen molar-refractivity contribution in [2.24, 2.45) is 0 Å². The number of nitro groups is 1. The van der Waals surface area contributed by atoms with Crippen LogP contribution in [0.3, 0.4) is 0 Å². The number of aromatic nitrogens is 2. The molecule has 2 heterocycles. The Bertz CT molecular complexity index is 1450. The van der Waals surface area contributed by atoms with E-state index in [-0.39, 0.29) is 35.6 Å². The summed E-state index contributed by atoms with van der Waals surface area (Å²) in [5.74, 6) is -1.21. The zero-order valence-electron chi connectivity index (χ0n) is 19.5. The van der Waals surface area contributed by atoms with Crippen LogP contribution >= 0.6 is 0 Å². The van der Waals surface area contributed by atoms with Crippen molar-refractivity contribution in [3.05, 3.63) is 93.2 Å². The quantitative estimate of drug-likeness (QED) is 0.217. The fourth-order valence-corrected chi connectivity index (χ4v) is 3.84. The lowest BCUT2D eigenvalue weighted by atomic mass is 9.93. The predicted octanol–water partition coefficient (Wildman–Crippen LogP) is 3.69. The number of non-ortho nitro benzene ring substituents is 1. The van der Waals surface area contributed by atoms with Gasteiger partial charge in [-0.1, -0.05) is 18.2 Å². The number of hydrogen-bond acceptors (Lipinski definition) is 7. The number of hydrogen-bond donors (Lipinski definition) is 0. The van der Waals surface area contributed by atoms with Crippen LogP contribution in [0.4, 0.5) is 5.69 Å². The lowest BCUT2D eigenvalue weighted by Gasteiger charge is -2.27. The number of imide groups is 1.